The standard InChI is InChI=1S/C20H17O/c1-21-19-15-9-8-14-18(19)20(16-10-4-2-5-11-16)17-12-6-3-7-13-17/h2-8,10-15,20H,1H3. The maximum Gasteiger partial charge on any atom is 0.123 e. The van der Waals surface area contributed by atoms with Crippen molar-refractivity contribution in [2.45, 2.75) is 5.92 Å². The molecule has 0 N–H and O–H groups in total. The zero-order valence-corrected chi connectivity index (χ0v) is 12.0. The number of rotatable bonds is 4. The molecule has 0 atom stereocenters. The number of benzene rings is 3. The van der Waals surface area contributed by atoms with Crippen molar-refractivity contribution in [1.82, 2.24) is 0 Å². The van der Waals surface area contributed by atoms with Gasteiger partial charge in [0.15, 0.2) is 0 Å². The van der Waals surface area contributed by atoms with Crippen molar-refractivity contribution in [3.63, 3.8) is 0 Å². The molecule has 1 nitrogen and oxygen atoms in total. The Morgan fingerprint density at radius 1 is 0.810 bits per heavy atom. The summed E-state index contributed by atoms with van der Waals surface area (Å²) >= 11 is 0. The van der Waals surface area contributed by atoms with Gasteiger partial charge in [-0.25, -0.2) is 0 Å². The second kappa shape index (κ2) is 6.27. The first-order valence-electron chi connectivity index (χ1n) is 7.04. The fraction of sp³-hybridized carbons (Fsp3) is 0.100. The van der Waals surface area contributed by atoms with Crippen LogP contribution in [-0.2, 0) is 0 Å². The van der Waals surface area contributed by atoms with E-state index in [2.05, 4.69) is 60.7 Å². The van der Waals surface area contributed by atoms with E-state index in [0.717, 1.165) is 11.3 Å². The first kappa shape index (κ1) is 13.4. The van der Waals surface area contributed by atoms with Gasteiger partial charge in [0.1, 0.15) is 5.75 Å². The fourth-order valence-corrected chi connectivity index (χ4v) is 2.68. The highest BCUT2D eigenvalue weighted by atomic mass is 16.5. The summed E-state index contributed by atoms with van der Waals surface area (Å²) in [5.41, 5.74) is 3.68. The van der Waals surface area contributed by atoms with E-state index in [0.29, 0.717) is 0 Å². The Morgan fingerprint density at radius 2 is 1.38 bits per heavy atom. The molecule has 3 rings (SSSR count). The molecule has 0 aliphatic carbocycles. The van der Waals surface area contributed by atoms with Crippen LogP contribution in [0.4, 0.5) is 0 Å². The molecule has 0 amide bonds. The molecule has 0 aliphatic heterocycles. The largest absolute Gasteiger partial charge is 0.496 e. The maximum atomic E-state index is 5.54. The highest BCUT2D eigenvalue weighted by Crippen LogP contribution is 2.36. The quantitative estimate of drug-likeness (QED) is 0.627. The first-order valence-corrected chi connectivity index (χ1v) is 7.04. The topological polar surface area (TPSA) is 9.23 Å². The maximum absolute atomic E-state index is 5.54. The van der Waals surface area contributed by atoms with Gasteiger partial charge in [0, 0.05) is 11.5 Å². The summed E-state index contributed by atoms with van der Waals surface area (Å²) in [5, 5.41) is 0. The first-order chi connectivity index (χ1) is 10.4. The van der Waals surface area contributed by atoms with E-state index in [1.54, 1.807) is 7.11 Å². The molecular weight excluding hydrogens is 256 g/mol. The summed E-state index contributed by atoms with van der Waals surface area (Å²) in [4.78, 5) is 0. The highest BCUT2D eigenvalue weighted by Gasteiger charge is 2.19. The lowest BCUT2D eigenvalue weighted by atomic mass is 9.85. The molecule has 0 saturated heterocycles. The van der Waals surface area contributed by atoms with Crippen LogP contribution in [0.1, 0.15) is 22.6 Å². The van der Waals surface area contributed by atoms with Crippen LogP contribution < -0.4 is 4.74 Å². The Balaban J connectivity index is 2.17. The predicted molar refractivity (Wildman–Crippen MR) is 85.7 cm³/mol. The van der Waals surface area contributed by atoms with Crippen molar-refractivity contribution in [3.05, 3.63) is 102 Å². The van der Waals surface area contributed by atoms with Crippen LogP contribution >= 0.6 is 0 Å². The Bertz CT molecular complexity index is 650. The molecule has 0 spiro atoms. The molecule has 0 unspecified atom stereocenters. The Hall–Kier alpha value is -2.54. The Morgan fingerprint density at radius 3 is 1.90 bits per heavy atom. The lowest BCUT2D eigenvalue weighted by Crippen LogP contribution is -2.05. The smallest absolute Gasteiger partial charge is 0.123 e. The fourth-order valence-electron chi connectivity index (χ4n) is 2.68. The van der Waals surface area contributed by atoms with Crippen LogP contribution in [0.3, 0.4) is 0 Å². The lowest BCUT2D eigenvalue weighted by Gasteiger charge is -2.21. The molecule has 0 saturated carbocycles. The number of hydrogen-bond acceptors (Lipinski definition) is 1. The Labute approximate surface area is 125 Å². The summed E-state index contributed by atoms with van der Waals surface area (Å²) < 4.78 is 5.54. The number of ether oxygens (including phenoxy) is 1. The summed E-state index contributed by atoms with van der Waals surface area (Å²) in [6, 6.07) is 30.0. The van der Waals surface area contributed by atoms with Gasteiger partial charge in [0.25, 0.3) is 0 Å². The summed E-state index contributed by atoms with van der Waals surface area (Å²) in [5.74, 6) is 1.03. The van der Waals surface area contributed by atoms with E-state index in [4.69, 9.17) is 4.74 Å². The SMILES string of the molecule is COc1c[c]ccc1C(c1ccccc1)c1ccccc1. The van der Waals surface area contributed by atoms with Crippen molar-refractivity contribution in [2.75, 3.05) is 7.11 Å². The number of hydrogen-bond donors (Lipinski definition) is 0. The van der Waals surface area contributed by atoms with Crippen molar-refractivity contribution >= 4 is 0 Å². The average Bonchev–Trinajstić information content (AvgIpc) is 2.58. The van der Waals surface area contributed by atoms with Crippen LogP contribution in [0, 0.1) is 6.07 Å². The van der Waals surface area contributed by atoms with Crippen LogP contribution in [-0.4, -0.2) is 7.11 Å². The van der Waals surface area contributed by atoms with Gasteiger partial charge in [0.2, 0.25) is 0 Å². The van der Waals surface area contributed by atoms with Crippen molar-refractivity contribution < 1.29 is 4.74 Å². The summed E-state index contributed by atoms with van der Waals surface area (Å²) in [7, 11) is 1.71. The molecule has 0 aromatic heterocycles. The van der Waals surface area contributed by atoms with E-state index < -0.39 is 0 Å². The van der Waals surface area contributed by atoms with E-state index in [-0.39, 0.29) is 5.92 Å². The van der Waals surface area contributed by atoms with Gasteiger partial charge in [-0.3, -0.25) is 0 Å². The van der Waals surface area contributed by atoms with E-state index in [9.17, 15) is 0 Å². The highest BCUT2D eigenvalue weighted by molar-refractivity contribution is 5.48. The monoisotopic (exact) mass is 273 g/mol. The van der Waals surface area contributed by atoms with E-state index >= 15 is 0 Å². The average molecular weight is 273 g/mol. The zero-order chi connectivity index (χ0) is 14.5. The van der Waals surface area contributed by atoms with Gasteiger partial charge in [-0.2, -0.15) is 0 Å². The van der Waals surface area contributed by atoms with E-state index in [1.165, 1.54) is 11.1 Å². The third kappa shape index (κ3) is 2.82. The van der Waals surface area contributed by atoms with Gasteiger partial charge < -0.3 is 4.74 Å². The minimum absolute atomic E-state index is 0.164. The minimum atomic E-state index is 0.164. The van der Waals surface area contributed by atoms with Gasteiger partial charge in [0.05, 0.1) is 7.11 Å². The van der Waals surface area contributed by atoms with Crippen molar-refractivity contribution in [2.24, 2.45) is 0 Å². The molecule has 3 aromatic carbocycles. The molecule has 21 heavy (non-hydrogen) atoms. The van der Waals surface area contributed by atoms with Crippen LogP contribution in [0.25, 0.3) is 0 Å². The van der Waals surface area contributed by atoms with Gasteiger partial charge in [-0.15, -0.1) is 0 Å². The molecule has 3 aromatic rings. The molecule has 1 radical (unpaired) electrons. The van der Waals surface area contributed by atoms with Gasteiger partial charge >= 0.3 is 0 Å². The normalized spacial score (nSPS) is 10.6. The summed E-state index contributed by atoms with van der Waals surface area (Å²) in [6.07, 6.45) is 0. The van der Waals surface area contributed by atoms with Crippen molar-refractivity contribution in [3.8, 4) is 5.75 Å². The second-order valence-corrected chi connectivity index (χ2v) is 4.92. The second-order valence-electron chi connectivity index (χ2n) is 4.92. The molecule has 0 bridgehead atoms. The van der Waals surface area contributed by atoms with Gasteiger partial charge in [-0.05, 0) is 23.3 Å². The van der Waals surface area contributed by atoms with Crippen LogP contribution in [0.15, 0.2) is 78.9 Å². The van der Waals surface area contributed by atoms with Crippen LogP contribution in [0.5, 0.6) is 5.75 Å². The van der Waals surface area contributed by atoms with Gasteiger partial charge in [-0.1, -0.05) is 72.8 Å². The third-order valence-corrected chi connectivity index (χ3v) is 3.65. The summed E-state index contributed by atoms with van der Waals surface area (Å²) in [6.45, 7) is 0. The molecule has 0 fully saturated rings. The lowest BCUT2D eigenvalue weighted by molar-refractivity contribution is 0.409. The molecular formula is C20H17O. The predicted octanol–water partition coefficient (Wildman–Crippen LogP) is 4.68. The van der Waals surface area contributed by atoms with Crippen molar-refractivity contribution in [1.29, 1.82) is 0 Å². The molecule has 0 heterocycles. The zero-order valence-electron chi connectivity index (χ0n) is 12.0. The molecule has 1 heteroatoms. The minimum Gasteiger partial charge on any atom is -0.496 e. The number of methoxy groups -OCH3 is 1. The van der Waals surface area contributed by atoms with Crippen LogP contribution in [0.2, 0.25) is 0 Å². The Kier molecular flexibility index (Phi) is 4.02. The molecule has 0 aliphatic rings. The van der Waals surface area contributed by atoms with E-state index in [1.807, 2.05) is 24.3 Å². The third-order valence-electron chi connectivity index (χ3n) is 3.65. The molecule has 103 valence electrons.